The minimum Gasteiger partial charge on any atom is -0.472 e. The fourth-order valence-electron chi connectivity index (χ4n) is 3.17. The zero-order valence-electron chi connectivity index (χ0n) is 11.1. The maximum atomic E-state index is 5.15. The fraction of sp³-hybridized carbons (Fsp3) is 0.733. The second-order valence-electron chi connectivity index (χ2n) is 5.42. The molecule has 1 aliphatic rings. The molecule has 1 heterocycles. The van der Waals surface area contributed by atoms with Crippen molar-refractivity contribution in [1.29, 1.82) is 0 Å². The van der Waals surface area contributed by atoms with E-state index >= 15 is 0 Å². The van der Waals surface area contributed by atoms with E-state index in [1.54, 1.807) is 6.26 Å². The monoisotopic (exact) mass is 235 g/mol. The van der Waals surface area contributed by atoms with Crippen LogP contribution in [-0.2, 0) is 6.42 Å². The molecule has 1 aliphatic carbocycles. The van der Waals surface area contributed by atoms with Crippen LogP contribution in [0.4, 0.5) is 0 Å². The van der Waals surface area contributed by atoms with Crippen LogP contribution in [0.15, 0.2) is 23.0 Å². The highest BCUT2D eigenvalue weighted by Gasteiger charge is 2.26. The molecule has 2 rings (SSSR count). The molecule has 1 saturated carbocycles. The van der Waals surface area contributed by atoms with Crippen molar-refractivity contribution < 1.29 is 4.42 Å². The SMILES string of the molecule is CCC1CCC(C(Cc2ccoc2)NC)CC1. The topological polar surface area (TPSA) is 25.2 Å². The van der Waals surface area contributed by atoms with Crippen LogP contribution < -0.4 is 5.32 Å². The maximum absolute atomic E-state index is 5.15. The Morgan fingerprint density at radius 1 is 1.35 bits per heavy atom. The average Bonchev–Trinajstić information content (AvgIpc) is 2.89. The van der Waals surface area contributed by atoms with Crippen LogP contribution >= 0.6 is 0 Å². The second-order valence-corrected chi connectivity index (χ2v) is 5.42. The van der Waals surface area contributed by atoms with Gasteiger partial charge in [0.05, 0.1) is 12.5 Å². The van der Waals surface area contributed by atoms with Gasteiger partial charge in [-0.15, -0.1) is 0 Å². The Labute approximate surface area is 105 Å². The van der Waals surface area contributed by atoms with Gasteiger partial charge in [0.2, 0.25) is 0 Å². The first-order valence-corrected chi connectivity index (χ1v) is 7.01. The van der Waals surface area contributed by atoms with E-state index in [9.17, 15) is 0 Å². The van der Waals surface area contributed by atoms with Crippen molar-refractivity contribution in [2.75, 3.05) is 7.05 Å². The maximum Gasteiger partial charge on any atom is 0.0935 e. The van der Waals surface area contributed by atoms with E-state index in [2.05, 4.69) is 25.4 Å². The summed E-state index contributed by atoms with van der Waals surface area (Å²) in [4.78, 5) is 0. The zero-order chi connectivity index (χ0) is 12.1. The van der Waals surface area contributed by atoms with Crippen molar-refractivity contribution in [1.82, 2.24) is 5.32 Å². The highest BCUT2D eigenvalue weighted by atomic mass is 16.3. The van der Waals surface area contributed by atoms with Gasteiger partial charge in [-0.1, -0.05) is 26.2 Å². The first-order chi connectivity index (χ1) is 8.33. The third-order valence-corrected chi connectivity index (χ3v) is 4.44. The van der Waals surface area contributed by atoms with Crippen LogP contribution in [0.5, 0.6) is 0 Å². The standard InChI is InChI=1S/C15H25NO/c1-3-12-4-6-14(7-5-12)15(16-2)10-13-8-9-17-11-13/h8-9,11-12,14-16H,3-7,10H2,1-2H3. The van der Waals surface area contributed by atoms with Crippen molar-refractivity contribution in [3.8, 4) is 0 Å². The van der Waals surface area contributed by atoms with E-state index in [1.165, 1.54) is 37.7 Å². The lowest BCUT2D eigenvalue weighted by atomic mass is 9.76. The molecular formula is C15H25NO. The Balaban J connectivity index is 1.86. The largest absolute Gasteiger partial charge is 0.472 e. The number of likely N-dealkylation sites (N-methyl/N-ethyl adjacent to an activating group) is 1. The minimum atomic E-state index is 0.616. The van der Waals surface area contributed by atoms with Gasteiger partial charge >= 0.3 is 0 Å². The number of hydrogen-bond acceptors (Lipinski definition) is 2. The Morgan fingerprint density at radius 2 is 2.12 bits per heavy atom. The Hall–Kier alpha value is -0.760. The third kappa shape index (κ3) is 3.35. The summed E-state index contributed by atoms with van der Waals surface area (Å²) in [7, 11) is 2.09. The van der Waals surface area contributed by atoms with Crippen molar-refractivity contribution in [3.63, 3.8) is 0 Å². The molecule has 1 aromatic heterocycles. The summed E-state index contributed by atoms with van der Waals surface area (Å²) in [5.41, 5.74) is 1.32. The van der Waals surface area contributed by atoms with E-state index in [4.69, 9.17) is 4.42 Å². The zero-order valence-corrected chi connectivity index (χ0v) is 11.1. The van der Waals surface area contributed by atoms with Crippen LogP contribution in [0.25, 0.3) is 0 Å². The fourth-order valence-corrected chi connectivity index (χ4v) is 3.17. The summed E-state index contributed by atoms with van der Waals surface area (Å²) in [6, 6.07) is 2.70. The van der Waals surface area contributed by atoms with Gasteiger partial charge in [-0.25, -0.2) is 0 Å². The van der Waals surface area contributed by atoms with E-state index in [0.717, 1.165) is 18.3 Å². The Bertz CT molecular complexity index is 299. The van der Waals surface area contributed by atoms with E-state index in [0.29, 0.717) is 6.04 Å². The molecule has 0 aliphatic heterocycles. The molecule has 0 amide bonds. The molecule has 1 N–H and O–H groups in total. The molecule has 0 saturated heterocycles. The summed E-state index contributed by atoms with van der Waals surface area (Å²) in [5, 5.41) is 3.50. The molecule has 0 radical (unpaired) electrons. The van der Waals surface area contributed by atoms with Crippen molar-refractivity contribution in [3.05, 3.63) is 24.2 Å². The van der Waals surface area contributed by atoms with Crippen LogP contribution in [-0.4, -0.2) is 13.1 Å². The third-order valence-electron chi connectivity index (χ3n) is 4.44. The highest BCUT2D eigenvalue weighted by Crippen LogP contribution is 2.33. The van der Waals surface area contributed by atoms with E-state index in [1.807, 2.05) is 6.26 Å². The lowest BCUT2D eigenvalue weighted by molar-refractivity contribution is 0.222. The summed E-state index contributed by atoms with van der Waals surface area (Å²) in [6.45, 7) is 2.33. The molecular weight excluding hydrogens is 210 g/mol. The van der Waals surface area contributed by atoms with Crippen molar-refractivity contribution in [2.45, 2.75) is 51.5 Å². The smallest absolute Gasteiger partial charge is 0.0935 e. The molecule has 2 heteroatoms. The molecule has 17 heavy (non-hydrogen) atoms. The Morgan fingerprint density at radius 3 is 2.65 bits per heavy atom. The molecule has 0 bridgehead atoms. The molecule has 1 atom stereocenters. The molecule has 2 nitrogen and oxygen atoms in total. The summed E-state index contributed by atoms with van der Waals surface area (Å²) in [6.07, 6.45) is 11.7. The van der Waals surface area contributed by atoms with Crippen molar-refractivity contribution >= 4 is 0 Å². The number of hydrogen-bond donors (Lipinski definition) is 1. The molecule has 0 spiro atoms. The van der Waals surface area contributed by atoms with Gasteiger partial charge in [0.15, 0.2) is 0 Å². The van der Waals surface area contributed by atoms with Crippen LogP contribution in [0.1, 0.15) is 44.6 Å². The molecule has 0 aromatic carbocycles. The van der Waals surface area contributed by atoms with Crippen LogP contribution in [0.3, 0.4) is 0 Å². The first-order valence-electron chi connectivity index (χ1n) is 7.01. The summed E-state index contributed by atoms with van der Waals surface area (Å²) < 4.78 is 5.15. The quantitative estimate of drug-likeness (QED) is 0.843. The number of nitrogens with one attached hydrogen (secondary N) is 1. The first kappa shape index (κ1) is 12.7. The van der Waals surface area contributed by atoms with Gasteiger partial charge in [-0.05, 0) is 49.8 Å². The normalized spacial score (nSPS) is 26.9. The molecule has 1 aromatic rings. The van der Waals surface area contributed by atoms with Gasteiger partial charge in [0, 0.05) is 6.04 Å². The summed E-state index contributed by atoms with van der Waals surface area (Å²) in [5.74, 6) is 1.83. The minimum absolute atomic E-state index is 0.616. The Kier molecular flexibility index (Phi) is 4.66. The van der Waals surface area contributed by atoms with Gasteiger partial charge in [0.1, 0.15) is 0 Å². The number of furan rings is 1. The van der Waals surface area contributed by atoms with Gasteiger partial charge in [0.25, 0.3) is 0 Å². The lowest BCUT2D eigenvalue weighted by Gasteiger charge is -2.33. The number of rotatable bonds is 5. The molecule has 1 unspecified atom stereocenters. The predicted octanol–water partition coefficient (Wildman–Crippen LogP) is 3.63. The summed E-state index contributed by atoms with van der Waals surface area (Å²) >= 11 is 0. The van der Waals surface area contributed by atoms with Gasteiger partial charge in [-0.3, -0.25) is 0 Å². The van der Waals surface area contributed by atoms with Crippen LogP contribution in [0, 0.1) is 11.8 Å². The van der Waals surface area contributed by atoms with E-state index in [-0.39, 0.29) is 0 Å². The lowest BCUT2D eigenvalue weighted by Crippen LogP contribution is -2.37. The average molecular weight is 235 g/mol. The molecule has 1 fully saturated rings. The van der Waals surface area contributed by atoms with Crippen LogP contribution in [0.2, 0.25) is 0 Å². The van der Waals surface area contributed by atoms with Gasteiger partial charge in [-0.2, -0.15) is 0 Å². The second kappa shape index (κ2) is 6.25. The molecule has 96 valence electrons. The van der Waals surface area contributed by atoms with E-state index < -0.39 is 0 Å². The predicted molar refractivity (Wildman–Crippen MR) is 71.0 cm³/mol. The highest BCUT2D eigenvalue weighted by molar-refractivity contribution is 5.08. The van der Waals surface area contributed by atoms with Gasteiger partial charge < -0.3 is 9.73 Å². The van der Waals surface area contributed by atoms with Crippen molar-refractivity contribution in [2.24, 2.45) is 11.8 Å².